The van der Waals surface area contributed by atoms with Crippen LogP contribution in [0.15, 0.2) is 75.4 Å². The third kappa shape index (κ3) is 5.32. The van der Waals surface area contributed by atoms with Gasteiger partial charge in [-0.05, 0) is 49.7 Å². The van der Waals surface area contributed by atoms with Gasteiger partial charge in [0.25, 0.3) is 11.2 Å². The van der Waals surface area contributed by atoms with Gasteiger partial charge in [0, 0.05) is 27.6 Å². The number of carbonyl (C=O) groups is 1. The number of nitro groups is 1. The summed E-state index contributed by atoms with van der Waals surface area (Å²) in [5, 5.41) is 13.5. The average Bonchev–Trinajstić information content (AvgIpc) is 2.67. The summed E-state index contributed by atoms with van der Waals surface area (Å²) >= 11 is 1.64. The predicted octanol–water partition coefficient (Wildman–Crippen LogP) is 4.16. The van der Waals surface area contributed by atoms with Crippen LogP contribution in [0.25, 0.3) is 0 Å². The highest BCUT2D eigenvalue weighted by atomic mass is 32.2. The average molecular weight is 409 g/mol. The second-order valence-electron chi connectivity index (χ2n) is 6.55. The highest BCUT2D eigenvalue weighted by Crippen LogP contribution is 2.31. The molecule has 0 aliphatic heterocycles. The third-order valence-corrected chi connectivity index (χ3v) is 5.37. The number of carbonyl (C=O) groups excluding carboxylic acids is 1. The molecule has 0 bridgehead atoms. The maximum atomic E-state index is 12.2. The molecule has 29 heavy (non-hydrogen) atoms. The lowest BCUT2D eigenvalue weighted by atomic mass is 10.2. The lowest BCUT2D eigenvalue weighted by Gasteiger charge is -2.09. The number of hydrogen-bond acceptors (Lipinski definition) is 5. The van der Waals surface area contributed by atoms with Crippen molar-refractivity contribution in [2.24, 2.45) is 0 Å². The summed E-state index contributed by atoms with van der Waals surface area (Å²) in [5.74, 6) is -0.442. The van der Waals surface area contributed by atoms with Crippen molar-refractivity contribution in [1.82, 2.24) is 4.57 Å². The molecule has 1 heterocycles. The molecule has 0 radical (unpaired) electrons. The summed E-state index contributed by atoms with van der Waals surface area (Å²) < 4.78 is 1.01. The highest BCUT2D eigenvalue weighted by molar-refractivity contribution is 7.99. The monoisotopic (exact) mass is 409 g/mol. The summed E-state index contributed by atoms with van der Waals surface area (Å²) in [6, 6.07) is 15.8. The SMILES string of the molecule is Cc1ccc(Sc2ccc(NC(=O)Cn3cc([N+](=O)[O-])ccc3=O)cc2)c(C)c1. The van der Waals surface area contributed by atoms with Gasteiger partial charge >= 0.3 is 0 Å². The van der Waals surface area contributed by atoms with E-state index in [0.29, 0.717) is 5.69 Å². The Morgan fingerprint density at radius 1 is 1.10 bits per heavy atom. The van der Waals surface area contributed by atoms with E-state index in [4.69, 9.17) is 0 Å². The fraction of sp³-hybridized carbons (Fsp3) is 0.143. The van der Waals surface area contributed by atoms with E-state index in [2.05, 4.69) is 37.4 Å². The minimum Gasteiger partial charge on any atom is -0.325 e. The van der Waals surface area contributed by atoms with Crippen LogP contribution >= 0.6 is 11.8 Å². The van der Waals surface area contributed by atoms with Gasteiger partial charge in [-0.1, -0.05) is 29.5 Å². The Kier molecular flexibility index (Phi) is 6.13. The molecule has 0 spiro atoms. The Morgan fingerprint density at radius 3 is 2.48 bits per heavy atom. The molecule has 3 aromatic rings. The first-order chi connectivity index (χ1) is 13.8. The molecule has 0 saturated heterocycles. The molecule has 0 saturated carbocycles. The molecule has 2 aromatic carbocycles. The smallest absolute Gasteiger partial charge is 0.285 e. The second kappa shape index (κ2) is 8.74. The molecule has 0 unspecified atom stereocenters. The summed E-state index contributed by atoms with van der Waals surface area (Å²) in [6.45, 7) is 3.82. The molecule has 0 aliphatic rings. The molecule has 0 aliphatic carbocycles. The largest absolute Gasteiger partial charge is 0.325 e. The first kappa shape index (κ1) is 20.3. The number of aryl methyl sites for hydroxylation is 2. The van der Waals surface area contributed by atoms with Gasteiger partial charge in [-0.2, -0.15) is 0 Å². The van der Waals surface area contributed by atoms with Gasteiger partial charge in [0.05, 0.1) is 11.1 Å². The van der Waals surface area contributed by atoms with E-state index in [-0.39, 0.29) is 12.2 Å². The van der Waals surface area contributed by atoms with Crippen molar-refractivity contribution in [3.05, 3.63) is 92.4 Å². The minimum atomic E-state index is -0.611. The number of nitrogens with zero attached hydrogens (tertiary/aromatic N) is 2. The van der Waals surface area contributed by atoms with Crippen molar-refractivity contribution >= 4 is 29.0 Å². The van der Waals surface area contributed by atoms with Gasteiger partial charge in [0.1, 0.15) is 6.54 Å². The molecule has 8 heteroatoms. The zero-order chi connectivity index (χ0) is 21.0. The number of pyridine rings is 1. The van der Waals surface area contributed by atoms with Crippen molar-refractivity contribution in [2.45, 2.75) is 30.2 Å². The van der Waals surface area contributed by atoms with Gasteiger partial charge in [0.2, 0.25) is 5.91 Å². The van der Waals surface area contributed by atoms with Crippen LogP contribution in [0, 0.1) is 24.0 Å². The van der Waals surface area contributed by atoms with Crippen molar-refractivity contribution in [1.29, 1.82) is 0 Å². The Labute approximate surface area is 171 Å². The van der Waals surface area contributed by atoms with Crippen LogP contribution in [-0.2, 0) is 11.3 Å². The maximum absolute atomic E-state index is 12.2. The highest BCUT2D eigenvalue weighted by Gasteiger charge is 2.11. The van der Waals surface area contributed by atoms with Gasteiger partial charge in [0.15, 0.2) is 0 Å². The number of amides is 1. The predicted molar refractivity (Wildman–Crippen MR) is 112 cm³/mol. The van der Waals surface area contributed by atoms with Gasteiger partial charge in [-0.3, -0.25) is 24.3 Å². The summed E-state index contributed by atoms with van der Waals surface area (Å²) in [7, 11) is 0. The van der Waals surface area contributed by atoms with Gasteiger partial charge < -0.3 is 5.32 Å². The van der Waals surface area contributed by atoms with Crippen LogP contribution in [0.3, 0.4) is 0 Å². The van der Waals surface area contributed by atoms with E-state index < -0.39 is 16.4 Å². The molecule has 1 N–H and O–H groups in total. The molecular formula is C21H19N3O4S. The van der Waals surface area contributed by atoms with Crippen LogP contribution in [0.1, 0.15) is 11.1 Å². The Morgan fingerprint density at radius 2 is 1.83 bits per heavy atom. The van der Waals surface area contributed by atoms with E-state index in [0.717, 1.165) is 32.7 Å². The topological polar surface area (TPSA) is 94.2 Å². The first-order valence-electron chi connectivity index (χ1n) is 8.82. The Hall–Kier alpha value is -3.39. The molecule has 7 nitrogen and oxygen atoms in total. The number of aromatic nitrogens is 1. The normalized spacial score (nSPS) is 10.6. The number of anilines is 1. The number of benzene rings is 2. The van der Waals surface area contributed by atoms with Crippen LogP contribution in [0.4, 0.5) is 11.4 Å². The summed E-state index contributed by atoms with van der Waals surface area (Å²) in [5.41, 5.74) is 2.28. The maximum Gasteiger partial charge on any atom is 0.285 e. The lowest BCUT2D eigenvalue weighted by Crippen LogP contribution is -2.26. The van der Waals surface area contributed by atoms with Crippen molar-refractivity contribution in [3.63, 3.8) is 0 Å². The quantitative estimate of drug-likeness (QED) is 0.487. The zero-order valence-corrected chi connectivity index (χ0v) is 16.7. The number of rotatable bonds is 6. The third-order valence-electron chi connectivity index (χ3n) is 4.19. The lowest BCUT2D eigenvalue weighted by molar-refractivity contribution is -0.385. The fourth-order valence-corrected chi connectivity index (χ4v) is 3.63. The van der Waals surface area contributed by atoms with Crippen molar-refractivity contribution < 1.29 is 9.72 Å². The van der Waals surface area contributed by atoms with Crippen molar-refractivity contribution in [2.75, 3.05) is 5.32 Å². The molecule has 0 atom stereocenters. The molecule has 1 amide bonds. The Balaban J connectivity index is 1.65. The van der Waals surface area contributed by atoms with E-state index >= 15 is 0 Å². The minimum absolute atomic E-state index is 0.245. The van der Waals surface area contributed by atoms with E-state index in [1.54, 1.807) is 23.9 Å². The number of hydrogen-bond donors (Lipinski definition) is 1. The number of nitrogens with one attached hydrogen (secondary N) is 1. The van der Waals surface area contributed by atoms with Crippen LogP contribution in [0.2, 0.25) is 0 Å². The van der Waals surface area contributed by atoms with Gasteiger partial charge in [-0.15, -0.1) is 0 Å². The molecule has 148 valence electrons. The molecule has 1 aromatic heterocycles. The molecule has 3 rings (SSSR count). The fourth-order valence-electron chi connectivity index (χ4n) is 2.75. The standard InChI is InChI=1S/C21H19N3O4S/c1-14-3-9-19(15(2)11-14)29-18-7-4-16(5-8-18)22-20(25)13-23-12-17(24(27)28)6-10-21(23)26/h3-12H,13H2,1-2H3,(H,22,25). The van der Waals surface area contributed by atoms with E-state index in [9.17, 15) is 19.7 Å². The molecule has 0 fully saturated rings. The van der Waals surface area contributed by atoms with Crippen LogP contribution in [-0.4, -0.2) is 15.4 Å². The Bertz CT molecular complexity index is 1120. The van der Waals surface area contributed by atoms with Crippen LogP contribution < -0.4 is 10.9 Å². The summed E-state index contributed by atoms with van der Waals surface area (Å²) in [4.78, 5) is 36.4. The molecular weight excluding hydrogens is 390 g/mol. The summed E-state index contributed by atoms with van der Waals surface area (Å²) in [6.07, 6.45) is 1.06. The zero-order valence-electron chi connectivity index (χ0n) is 15.9. The van der Waals surface area contributed by atoms with Crippen molar-refractivity contribution in [3.8, 4) is 0 Å². The first-order valence-corrected chi connectivity index (χ1v) is 9.63. The van der Waals surface area contributed by atoms with E-state index in [1.807, 2.05) is 12.1 Å². The second-order valence-corrected chi connectivity index (χ2v) is 7.67. The van der Waals surface area contributed by atoms with Gasteiger partial charge in [-0.25, -0.2) is 0 Å². The van der Waals surface area contributed by atoms with E-state index in [1.165, 1.54) is 11.1 Å². The van der Waals surface area contributed by atoms with Crippen LogP contribution in [0.5, 0.6) is 0 Å².